The maximum atomic E-state index is 12.2. The van der Waals surface area contributed by atoms with Gasteiger partial charge in [-0.1, -0.05) is 17.4 Å². The number of nitrogens with one attached hydrogen (secondary N) is 2. The Morgan fingerprint density at radius 3 is 2.41 bits per heavy atom. The normalized spacial score (nSPS) is 11.2. The molecule has 39 heavy (non-hydrogen) atoms. The molecule has 0 radical (unpaired) electrons. The number of pyridine rings is 1. The van der Waals surface area contributed by atoms with Crippen LogP contribution in [0.25, 0.3) is 32.6 Å². The number of thiazole rings is 1. The number of fused-ring (bicyclic) bond motifs is 1. The van der Waals surface area contributed by atoms with Crippen LogP contribution in [0.2, 0.25) is 0 Å². The van der Waals surface area contributed by atoms with E-state index in [0.29, 0.717) is 23.0 Å². The van der Waals surface area contributed by atoms with Crippen molar-refractivity contribution in [1.82, 2.24) is 25.3 Å². The number of rotatable bonds is 9. The lowest BCUT2D eigenvalue weighted by Gasteiger charge is -2.23. The van der Waals surface area contributed by atoms with Crippen molar-refractivity contribution in [3.8, 4) is 22.4 Å². The minimum atomic E-state index is -1.11. The molecule has 202 valence electrons. The molecule has 3 aromatic heterocycles. The van der Waals surface area contributed by atoms with Crippen molar-refractivity contribution in [2.75, 3.05) is 19.0 Å². The number of carbonyl (C=O) groups is 3. The lowest BCUT2D eigenvalue weighted by molar-refractivity contribution is -0.160. The van der Waals surface area contributed by atoms with Gasteiger partial charge in [0.2, 0.25) is 0 Å². The van der Waals surface area contributed by atoms with E-state index in [1.165, 1.54) is 18.4 Å². The van der Waals surface area contributed by atoms with Crippen molar-refractivity contribution in [1.29, 1.82) is 0 Å². The monoisotopic (exact) mass is 548 g/mol. The molecule has 4 aromatic rings. The van der Waals surface area contributed by atoms with E-state index in [1.807, 2.05) is 37.3 Å². The highest BCUT2D eigenvalue weighted by molar-refractivity contribution is 7.22. The Kier molecular flexibility index (Phi) is 8.45. The maximum Gasteiger partial charge on any atom is 0.321 e. The number of ether oxygens (including phenoxy) is 2. The smallest absolute Gasteiger partial charge is 0.321 e. The highest BCUT2D eigenvalue weighted by atomic mass is 32.1. The minimum absolute atomic E-state index is 0.0661. The zero-order chi connectivity index (χ0) is 28.0. The van der Waals surface area contributed by atoms with Gasteiger partial charge in [0, 0.05) is 36.3 Å². The van der Waals surface area contributed by atoms with Crippen LogP contribution in [0.4, 0.5) is 9.93 Å². The van der Waals surface area contributed by atoms with Crippen LogP contribution in [-0.2, 0) is 24.7 Å². The first kappa shape index (κ1) is 27.6. The van der Waals surface area contributed by atoms with Crippen LogP contribution in [0, 0.1) is 0 Å². The number of urea groups is 1. The number of methoxy groups -OCH3 is 1. The first-order valence-corrected chi connectivity index (χ1v) is 13.0. The SMILES string of the molecule is CCNC(=O)Nc1nc2cc(-c3cnc(C(C)(C)OC(=O)CCC(=O)OC)nc3)cc(-c3ccccn3)c2s1. The molecule has 3 heterocycles. The number of nitrogens with zero attached hydrogens (tertiary/aromatic N) is 4. The summed E-state index contributed by atoms with van der Waals surface area (Å²) >= 11 is 1.36. The summed E-state index contributed by atoms with van der Waals surface area (Å²) in [7, 11) is 1.26. The predicted molar refractivity (Wildman–Crippen MR) is 147 cm³/mol. The maximum absolute atomic E-state index is 12.2. The summed E-state index contributed by atoms with van der Waals surface area (Å²) in [6.45, 7) is 5.70. The first-order chi connectivity index (χ1) is 18.7. The van der Waals surface area contributed by atoms with Crippen molar-refractivity contribution in [3.63, 3.8) is 0 Å². The third-order valence-electron chi connectivity index (χ3n) is 5.64. The van der Waals surface area contributed by atoms with E-state index < -0.39 is 17.5 Å². The van der Waals surface area contributed by atoms with Gasteiger partial charge in [-0.05, 0) is 50.6 Å². The van der Waals surface area contributed by atoms with Crippen molar-refractivity contribution >= 4 is 44.7 Å². The molecule has 0 saturated carbocycles. The van der Waals surface area contributed by atoms with Gasteiger partial charge >= 0.3 is 18.0 Å². The van der Waals surface area contributed by atoms with Crippen LogP contribution < -0.4 is 10.6 Å². The van der Waals surface area contributed by atoms with Crippen molar-refractivity contribution < 1.29 is 23.9 Å². The molecule has 1 aromatic carbocycles. The Balaban J connectivity index is 1.64. The van der Waals surface area contributed by atoms with E-state index in [1.54, 1.807) is 32.4 Å². The van der Waals surface area contributed by atoms with E-state index in [4.69, 9.17) is 4.74 Å². The largest absolute Gasteiger partial charge is 0.469 e. The van der Waals surface area contributed by atoms with Gasteiger partial charge in [0.1, 0.15) is 0 Å². The second-order valence-corrected chi connectivity index (χ2v) is 9.95. The number of hydrogen-bond donors (Lipinski definition) is 2. The minimum Gasteiger partial charge on any atom is -0.469 e. The standard InChI is InChI=1S/C27H28N6O5S/c1-5-28-25(36)33-26-32-20-13-16(12-18(23(20)39-26)19-8-6-7-11-29-19)17-14-30-24(31-15-17)27(2,3)38-22(35)10-9-21(34)37-4/h6-8,11-15H,5,9-10H2,1-4H3,(H2,28,32,33,36). The van der Waals surface area contributed by atoms with Crippen molar-refractivity contribution in [2.24, 2.45) is 0 Å². The van der Waals surface area contributed by atoms with Gasteiger partial charge in [-0.15, -0.1) is 0 Å². The molecular weight excluding hydrogens is 520 g/mol. The van der Waals surface area contributed by atoms with Gasteiger partial charge in [0.25, 0.3) is 0 Å². The Bertz CT molecular complexity index is 1490. The summed E-state index contributed by atoms with van der Waals surface area (Å²) in [5, 5.41) is 5.94. The van der Waals surface area contributed by atoms with Crippen molar-refractivity contribution in [2.45, 2.75) is 39.2 Å². The van der Waals surface area contributed by atoms with E-state index in [-0.39, 0.29) is 18.9 Å². The van der Waals surface area contributed by atoms with Crippen LogP contribution in [0.3, 0.4) is 0 Å². The summed E-state index contributed by atoms with van der Waals surface area (Å²) in [5.74, 6) is -0.727. The molecule has 0 aliphatic heterocycles. The van der Waals surface area contributed by atoms with Crippen molar-refractivity contribution in [3.05, 3.63) is 54.7 Å². The zero-order valence-electron chi connectivity index (χ0n) is 22.0. The van der Waals surface area contributed by atoms with Crippen LogP contribution in [0.15, 0.2) is 48.9 Å². The number of benzene rings is 1. The second-order valence-electron chi connectivity index (χ2n) is 8.95. The van der Waals surface area contributed by atoms with Gasteiger partial charge in [-0.2, -0.15) is 0 Å². The van der Waals surface area contributed by atoms with E-state index in [9.17, 15) is 14.4 Å². The van der Waals surface area contributed by atoms with Gasteiger partial charge in [-0.25, -0.2) is 19.7 Å². The van der Waals surface area contributed by atoms with Gasteiger partial charge in [0.15, 0.2) is 16.6 Å². The predicted octanol–water partition coefficient (Wildman–Crippen LogP) is 4.69. The Morgan fingerprint density at radius 1 is 1.00 bits per heavy atom. The molecule has 4 rings (SSSR count). The molecule has 11 nitrogen and oxygen atoms in total. The number of esters is 2. The first-order valence-electron chi connectivity index (χ1n) is 12.2. The molecule has 0 fully saturated rings. The molecule has 0 saturated heterocycles. The Morgan fingerprint density at radius 2 is 1.74 bits per heavy atom. The summed E-state index contributed by atoms with van der Waals surface area (Å²) in [6.07, 6.45) is 4.85. The van der Waals surface area contributed by atoms with Crippen LogP contribution >= 0.6 is 11.3 Å². The lowest BCUT2D eigenvalue weighted by atomic mass is 10.0. The van der Waals surface area contributed by atoms with E-state index in [2.05, 4.69) is 35.3 Å². The lowest BCUT2D eigenvalue weighted by Crippen LogP contribution is -2.28. The molecule has 0 spiro atoms. The topological polar surface area (TPSA) is 145 Å². The summed E-state index contributed by atoms with van der Waals surface area (Å²) in [4.78, 5) is 53.6. The highest BCUT2D eigenvalue weighted by Gasteiger charge is 2.29. The van der Waals surface area contributed by atoms with Crippen LogP contribution in [0.5, 0.6) is 0 Å². The van der Waals surface area contributed by atoms with E-state index in [0.717, 1.165) is 27.1 Å². The Hall–Kier alpha value is -4.45. The van der Waals surface area contributed by atoms with Crippen LogP contribution in [-0.4, -0.2) is 51.6 Å². The summed E-state index contributed by atoms with van der Waals surface area (Å²) in [5.41, 5.74) is 2.72. The second kappa shape index (κ2) is 11.9. The number of carbonyl (C=O) groups excluding carboxylic acids is 3. The average Bonchev–Trinajstić information content (AvgIpc) is 3.33. The number of hydrogen-bond acceptors (Lipinski definition) is 10. The fourth-order valence-electron chi connectivity index (χ4n) is 3.74. The molecule has 0 aliphatic carbocycles. The fourth-order valence-corrected chi connectivity index (χ4v) is 4.71. The van der Waals surface area contributed by atoms with Crippen LogP contribution in [0.1, 0.15) is 39.4 Å². The quantitative estimate of drug-likeness (QED) is 0.285. The Labute approximate surface area is 229 Å². The molecular formula is C27H28N6O5S. The average molecular weight is 549 g/mol. The molecule has 2 amide bonds. The summed E-state index contributed by atoms with van der Waals surface area (Å²) < 4.78 is 11.0. The van der Waals surface area contributed by atoms with Gasteiger partial charge in [-0.3, -0.25) is 19.9 Å². The highest BCUT2D eigenvalue weighted by Crippen LogP contribution is 2.38. The molecule has 0 aliphatic rings. The number of amides is 2. The third kappa shape index (κ3) is 6.71. The van der Waals surface area contributed by atoms with E-state index >= 15 is 0 Å². The van der Waals surface area contributed by atoms with Gasteiger partial charge in [0.05, 0.1) is 35.9 Å². The number of aromatic nitrogens is 4. The molecule has 0 unspecified atom stereocenters. The summed E-state index contributed by atoms with van der Waals surface area (Å²) in [6, 6.07) is 9.21. The molecule has 12 heteroatoms. The molecule has 0 bridgehead atoms. The fraction of sp³-hybridized carbons (Fsp3) is 0.296. The third-order valence-corrected chi connectivity index (χ3v) is 6.66. The zero-order valence-corrected chi connectivity index (χ0v) is 22.8. The molecule has 2 N–H and O–H groups in total. The van der Waals surface area contributed by atoms with Gasteiger partial charge < -0.3 is 14.8 Å². The molecule has 0 atom stereocenters. The number of anilines is 1.